The number of carbonyl (C=O) groups excluding carboxylic acids is 2. The summed E-state index contributed by atoms with van der Waals surface area (Å²) in [6, 6.07) is 14.8. The molecule has 3 aromatic rings. The number of esters is 1. The van der Waals surface area contributed by atoms with Gasteiger partial charge in [0.05, 0.1) is 25.1 Å². The average Bonchev–Trinajstić information content (AvgIpc) is 2.79. The van der Waals surface area contributed by atoms with Gasteiger partial charge in [-0.3, -0.25) is 15.2 Å². The SMILES string of the molecule is N=C(N)c1ccc2c(CC(N)=O)c(OC(=O)c3ccc(NC(N)=NCCO)cc3)ccc2c1. The highest BCUT2D eigenvalue weighted by atomic mass is 16.5. The zero-order valence-corrected chi connectivity index (χ0v) is 17.7. The van der Waals surface area contributed by atoms with Gasteiger partial charge in [-0.15, -0.1) is 0 Å². The molecule has 3 rings (SSSR count). The number of carbonyl (C=O) groups is 2. The largest absolute Gasteiger partial charge is 0.423 e. The van der Waals surface area contributed by atoms with E-state index in [0.29, 0.717) is 22.2 Å². The Morgan fingerprint density at radius 1 is 1.00 bits per heavy atom. The molecule has 170 valence electrons. The van der Waals surface area contributed by atoms with E-state index in [0.717, 1.165) is 5.39 Å². The number of amidine groups is 1. The lowest BCUT2D eigenvalue weighted by molar-refractivity contribution is -0.117. The molecular weight excluding hydrogens is 424 g/mol. The molecule has 3 aromatic carbocycles. The number of aliphatic imine (C=N–C) groups is 1. The Hall–Kier alpha value is -4.44. The Morgan fingerprint density at radius 3 is 2.33 bits per heavy atom. The zero-order chi connectivity index (χ0) is 24.0. The molecule has 0 spiro atoms. The van der Waals surface area contributed by atoms with E-state index in [1.807, 2.05) is 0 Å². The maximum absolute atomic E-state index is 12.7. The van der Waals surface area contributed by atoms with Gasteiger partial charge in [-0.25, -0.2) is 4.79 Å². The summed E-state index contributed by atoms with van der Waals surface area (Å²) >= 11 is 0. The Morgan fingerprint density at radius 2 is 1.70 bits per heavy atom. The number of amides is 1. The number of anilines is 1. The van der Waals surface area contributed by atoms with Crippen LogP contribution in [0.2, 0.25) is 0 Å². The van der Waals surface area contributed by atoms with E-state index in [4.69, 9.17) is 32.5 Å². The molecule has 10 nitrogen and oxygen atoms in total. The lowest BCUT2D eigenvalue weighted by Crippen LogP contribution is -2.23. The number of fused-ring (bicyclic) bond motifs is 1. The van der Waals surface area contributed by atoms with E-state index < -0.39 is 11.9 Å². The Balaban J connectivity index is 1.85. The molecule has 0 heterocycles. The predicted octanol–water partition coefficient (Wildman–Crippen LogP) is 1.09. The minimum absolute atomic E-state index is 0.0804. The molecule has 9 N–H and O–H groups in total. The van der Waals surface area contributed by atoms with Crippen LogP contribution in [0, 0.1) is 5.41 Å². The highest BCUT2D eigenvalue weighted by Gasteiger charge is 2.16. The quantitative estimate of drug-likeness (QED) is 0.129. The number of guanidine groups is 1. The van der Waals surface area contributed by atoms with Crippen molar-refractivity contribution in [3.05, 3.63) is 71.3 Å². The van der Waals surface area contributed by atoms with Crippen LogP contribution in [0.15, 0.2) is 59.6 Å². The van der Waals surface area contributed by atoms with Crippen molar-refractivity contribution in [1.29, 1.82) is 5.41 Å². The summed E-state index contributed by atoms with van der Waals surface area (Å²) in [5.74, 6) is -0.924. The Kier molecular flexibility index (Phi) is 7.21. The number of aliphatic hydroxyl groups is 1. The van der Waals surface area contributed by atoms with Gasteiger partial charge >= 0.3 is 5.97 Å². The van der Waals surface area contributed by atoms with Crippen molar-refractivity contribution in [1.82, 2.24) is 0 Å². The van der Waals surface area contributed by atoms with Crippen LogP contribution in [0.1, 0.15) is 21.5 Å². The molecular formula is C23H24N6O4. The van der Waals surface area contributed by atoms with Crippen LogP contribution in [0.25, 0.3) is 10.8 Å². The number of nitrogens with two attached hydrogens (primary N) is 3. The molecule has 0 fully saturated rings. The van der Waals surface area contributed by atoms with E-state index in [2.05, 4.69) is 10.3 Å². The van der Waals surface area contributed by atoms with Gasteiger partial charge in [-0.05, 0) is 47.2 Å². The monoisotopic (exact) mass is 448 g/mol. The van der Waals surface area contributed by atoms with E-state index in [9.17, 15) is 9.59 Å². The van der Waals surface area contributed by atoms with Gasteiger partial charge in [0.1, 0.15) is 11.6 Å². The number of aliphatic hydroxyl groups excluding tert-OH is 1. The number of hydrogen-bond donors (Lipinski definition) is 6. The van der Waals surface area contributed by atoms with Crippen molar-refractivity contribution in [3.63, 3.8) is 0 Å². The van der Waals surface area contributed by atoms with Crippen molar-refractivity contribution in [2.24, 2.45) is 22.2 Å². The Labute approximate surface area is 189 Å². The van der Waals surface area contributed by atoms with Crippen LogP contribution in [0.5, 0.6) is 5.75 Å². The van der Waals surface area contributed by atoms with Crippen LogP contribution >= 0.6 is 0 Å². The summed E-state index contributed by atoms with van der Waals surface area (Å²) in [5.41, 5.74) is 18.6. The van der Waals surface area contributed by atoms with Crippen molar-refractivity contribution >= 4 is 40.1 Å². The number of benzene rings is 3. The highest BCUT2D eigenvalue weighted by Crippen LogP contribution is 2.30. The summed E-state index contributed by atoms with van der Waals surface area (Å²) in [5, 5.41) is 20.6. The summed E-state index contributed by atoms with van der Waals surface area (Å²) in [4.78, 5) is 28.3. The molecule has 0 saturated heterocycles. The van der Waals surface area contributed by atoms with Gasteiger partial charge in [0.15, 0.2) is 5.96 Å². The van der Waals surface area contributed by atoms with Crippen LogP contribution in [0.3, 0.4) is 0 Å². The third-order valence-electron chi connectivity index (χ3n) is 4.73. The molecule has 0 radical (unpaired) electrons. The first kappa shape index (κ1) is 23.2. The first-order valence-corrected chi connectivity index (χ1v) is 9.97. The van der Waals surface area contributed by atoms with Gasteiger partial charge in [0.25, 0.3) is 0 Å². The van der Waals surface area contributed by atoms with E-state index >= 15 is 0 Å². The molecule has 0 bridgehead atoms. The first-order chi connectivity index (χ1) is 15.8. The van der Waals surface area contributed by atoms with Gasteiger partial charge in [-0.2, -0.15) is 0 Å². The third kappa shape index (κ3) is 5.83. The molecule has 0 saturated carbocycles. The summed E-state index contributed by atoms with van der Waals surface area (Å²) in [6.07, 6.45) is -0.130. The minimum Gasteiger partial charge on any atom is -0.423 e. The Bertz CT molecular complexity index is 1240. The van der Waals surface area contributed by atoms with Crippen molar-refractivity contribution in [3.8, 4) is 5.75 Å². The molecule has 0 aromatic heterocycles. The molecule has 0 atom stereocenters. The van der Waals surface area contributed by atoms with Gasteiger partial charge in [0, 0.05) is 16.8 Å². The second kappa shape index (κ2) is 10.2. The molecule has 0 aliphatic carbocycles. The minimum atomic E-state index is -0.617. The lowest BCUT2D eigenvalue weighted by atomic mass is 9.98. The van der Waals surface area contributed by atoms with Crippen LogP contribution < -0.4 is 27.3 Å². The fraction of sp³-hybridized carbons (Fsp3) is 0.130. The number of ether oxygens (including phenoxy) is 1. The van der Waals surface area contributed by atoms with E-state index in [-0.39, 0.29) is 42.7 Å². The predicted molar refractivity (Wildman–Crippen MR) is 126 cm³/mol. The summed E-state index contributed by atoms with van der Waals surface area (Å²) in [7, 11) is 0. The normalized spacial score (nSPS) is 11.2. The topological polar surface area (TPSA) is 190 Å². The maximum Gasteiger partial charge on any atom is 0.343 e. The molecule has 33 heavy (non-hydrogen) atoms. The summed E-state index contributed by atoms with van der Waals surface area (Å²) < 4.78 is 5.58. The molecule has 0 aliphatic heterocycles. The van der Waals surface area contributed by atoms with Crippen LogP contribution in [-0.2, 0) is 11.2 Å². The van der Waals surface area contributed by atoms with Gasteiger partial charge in [0.2, 0.25) is 5.91 Å². The third-order valence-corrected chi connectivity index (χ3v) is 4.73. The summed E-state index contributed by atoms with van der Waals surface area (Å²) in [6.45, 7) is 0.0657. The van der Waals surface area contributed by atoms with Crippen LogP contribution in [-0.4, -0.2) is 41.9 Å². The average molecular weight is 448 g/mol. The first-order valence-electron chi connectivity index (χ1n) is 9.97. The highest BCUT2D eigenvalue weighted by molar-refractivity contribution is 6.01. The van der Waals surface area contributed by atoms with Gasteiger partial charge in [-0.1, -0.05) is 18.2 Å². The maximum atomic E-state index is 12.7. The molecule has 0 unspecified atom stereocenters. The lowest BCUT2D eigenvalue weighted by Gasteiger charge is -2.13. The number of nitrogen functional groups attached to an aromatic ring is 1. The number of nitrogens with zero attached hydrogens (tertiary/aromatic N) is 1. The number of hydrogen-bond acceptors (Lipinski definition) is 6. The number of rotatable bonds is 8. The van der Waals surface area contributed by atoms with Crippen molar-refractivity contribution in [2.45, 2.75) is 6.42 Å². The number of primary amides is 1. The van der Waals surface area contributed by atoms with E-state index in [1.54, 1.807) is 54.6 Å². The molecule has 10 heteroatoms. The van der Waals surface area contributed by atoms with Crippen molar-refractivity contribution in [2.75, 3.05) is 18.5 Å². The van der Waals surface area contributed by atoms with E-state index in [1.165, 1.54) is 0 Å². The molecule has 0 aliphatic rings. The second-order valence-corrected chi connectivity index (χ2v) is 7.12. The second-order valence-electron chi connectivity index (χ2n) is 7.12. The smallest absolute Gasteiger partial charge is 0.343 e. The number of nitrogens with one attached hydrogen (secondary N) is 2. The fourth-order valence-corrected chi connectivity index (χ4v) is 3.20. The standard InChI is InChI=1S/C23H24N6O4/c24-20(31)12-18-17-7-3-15(21(25)26)11-14(17)4-8-19(18)33-22(32)13-1-5-16(6-2-13)29-23(27)28-9-10-30/h1-8,11,30H,9-10,12H2,(H2,24,31)(H3,25,26)(H3,27,28,29). The van der Waals surface area contributed by atoms with Crippen molar-refractivity contribution < 1.29 is 19.4 Å². The van der Waals surface area contributed by atoms with Gasteiger partial charge < -0.3 is 32.4 Å². The molecule has 1 amide bonds. The van der Waals surface area contributed by atoms with Crippen LogP contribution in [0.4, 0.5) is 5.69 Å². The fourth-order valence-electron chi connectivity index (χ4n) is 3.20. The zero-order valence-electron chi connectivity index (χ0n) is 17.7.